The van der Waals surface area contributed by atoms with Crippen molar-refractivity contribution in [3.05, 3.63) is 17.7 Å². The first kappa shape index (κ1) is 11.9. The summed E-state index contributed by atoms with van der Waals surface area (Å²) in [6.07, 6.45) is 9.23. The number of aromatic nitrogens is 2. The molecule has 1 saturated heterocycles. The zero-order chi connectivity index (χ0) is 12.7. The second kappa shape index (κ2) is 4.91. The average molecular weight is 261 g/mol. The number of likely N-dealkylation sites (tertiary alicyclic amines) is 1. The van der Waals surface area contributed by atoms with Gasteiger partial charge in [-0.1, -0.05) is 12.8 Å². The fraction of sp³-hybridized carbons (Fsp3) is 0.800. The van der Waals surface area contributed by atoms with Crippen LogP contribution < -0.4 is 0 Å². The number of hydrogen-bond acceptors (Lipinski definition) is 3. The first-order chi connectivity index (χ1) is 9.42. The summed E-state index contributed by atoms with van der Waals surface area (Å²) in [6.45, 7) is 4.88. The van der Waals surface area contributed by atoms with Crippen LogP contribution in [-0.4, -0.2) is 33.6 Å². The Morgan fingerprint density at radius 1 is 1.21 bits per heavy atom. The van der Waals surface area contributed by atoms with Crippen molar-refractivity contribution < 1.29 is 4.74 Å². The van der Waals surface area contributed by atoms with Crippen molar-refractivity contribution in [2.24, 2.45) is 5.92 Å². The predicted molar refractivity (Wildman–Crippen MR) is 72.7 cm³/mol. The highest BCUT2D eigenvalue weighted by atomic mass is 16.5. The molecule has 2 aliphatic heterocycles. The standard InChI is InChI=1S/C15H23N3O/c1-2-4-14-12(3-1)5-6-17(14)10-13-9-16-15-11-19-8-7-18(13)15/h9,12,14H,1-8,10-11H2/t12-,14-/m0/s1. The van der Waals surface area contributed by atoms with Gasteiger partial charge in [0.25, 0.3) is 0 Å². The fourth-order valence-electron chi connectivity index (χ4n) is 4.19. The van der Waals surface area contributed by atoms with Crippen molar-refractivity contribution in [2.45, 2.75) is 57.8 Å². The van der Waals surface area contributed by atoms with Gasteiger partial charge in [0.15, 0.2) is 0 Å². The van der Waals surface area contributed by atoms with Crippen molar-refractivity contribution in [1.82, 2.24) is 14.5 Å². The minimum Gasteiger partial charge on any atom is -0.372 e. The minimum atomic E-state index is 0.687. The largest absolute Gasteiger partial charge is 0.372 e. The summed E-state index contributed by atoms with van der Waals surface area (Å²) in [5.41, 5.74) is 1.39. The van der Waals surface area contributed by atoms with Gasteiger partial charge in [0.1, 0.15) is 12.4 Å². The fourth-order valence-corrected chi connectivity index (χ4v) is 4.19. The van der Waals surface area contributed by atoms with Crippen LogP contribution in [0.2, 0.25) is 0 Å². The molecule has 0 amide bonds. The number of ether oxygens (including phenoxy) is 1. The highest BCUT2D eigenvalue weighted by molar-refractivity contribution is 5.07. The van der Waals surface area contributed by atoms with E-state index in [0.717, 1.165) is 37.5 Å². The van der Waals surface area contributed by atoms with Crippen LogP contribution in [0.1, 0.15) is 43.6 Å². The third kappa shape index (κ3) is 2.11. The Morgan fingerprint density at radius 2 is 2.16 bits per heavy atom. The van der Waals surface area contributed by atoms with Gasteiger partial charge in [0.2, 0.25) is 0 Å². The maximum Gasteiger partial charge on any atom is 0.135 e. The summed E-state index contributed by atoms with van der Waals surface area (Å²) in [7, 11) is 0. The maximum absolute atomic E-state index is 5.47. The zero-order valence-corrected chi connectivity index (χ0v) is 11.6. The number of nitrogens with zero attached hydrogens (tertiary/aromatic N) is 3. The van der Waals surface area contributed by atoms with E-state index in [1.54, 1.807) is 0 Å². The van der Waals surface area contributed by atoms with Crippen molar-refractivity contribution in [3.8, 4) is 0 Å². The first-order valence-corrected chi connectivity index (χ1v) is 7.77. The molecule has 0 aromatic carbocycles. The lowest BCUT2D eigenvalue weighted by molar-refractivity contribution is 0.0789. The molecule has 1 aromatic heterocycles. The van der Waals surface area contributed by atoms with Crippen LogP contribution in [0.4, 0.5) is 0 Å². The zero-order valence-electron chi connectivity index (χ0n) is 11.6. The molecule has 104 valence electrons. The molecule has 0 N–H and O–H groups in total. The molecule has 19 heavy (non-hydrogen) atoms. The van der Waals surface area contributed by atoms with E-state index in [0.29, 0.717) is 6.61 Å². The minimum absolute atomic E-state index is 0.687. The van der Waals surface area contributed by atoms with Gasteiger partial charge in [0, 0.05) is 25.3 Å². The maximum atomic E-state index is 5.47. The molecule has 1 saturated carbocycles. The highest BCUT2D eigenvalue weighted by Gasteiger charge is 2.35. The molecule has 2 atom stereocenters. The molecule has 0 radical (unpaired) electrons. The van der Waals surface area contributed by atoms with Gasteiger partial charge in [0.05, 0.1) is 12.3 Å². The van der Waals surface area contributed by atoms with E-state index in [2.05, 4.69) is 20.6 Å². The molecule has 1 aliphatic carbocycles. The number of fused-ring (bicyclic) bond motifs is 2. The Morgan fingerprint density at radius 3 is 3.16 bits per heavy atom. The molecule has 0 spiro atoms. The summed E-state index contributed by atoms with van der Waals surface area (Å²) in [4.78, 5) is 7.23. The van der Waals surface area contributed by atoms with Gasteiger partial charge in [-0.3, -0.25) is 4.90 Å². The lowest BCUT2D eigenvalue weighted by atomic mass is 9.85. The van der Waals surface area contributed by atoms with Gasteiger partial charge in [-0.2, -0.15) is 0 Å². The number of imidazole rings is 1. The quantitative estimate of drug-likeness (QED) is 0.817. The second-order valence-electron chi connectivity index (χ2n) is 6.24. The van der Waals surface area contributed by atoms with Crippen LogP contribution in [0.3, 0.4) is 0 Å². The predicted octanol–water partition coefficient (Wildman–Crippen LogP) is 2.18. The third-order valence-electron chi connectivity index (χ3n) is 5.20. The lowest BCUT2D eigenvalue weighted by Gasteiger charge is -2.32. The normalized spacial score (nSPS) is 31.2. The van der Waals surface area contributed by atoms with Crippen LogP contribution in [0.5, 0.6) is 0 Å². The topological polar surface area (TPSA) is 30.3 Å². The van der Waals surface area contributed by atoms with E-state index >= 15 is 0 Å². The van der Waals surface area contributed by atoms with E-state index in [1.807, 2.05) is 0 Å². The van der Waals surface area contributed by atoms with Gasteiger partial charge < -0.3 is 9.30 Å². The summed E-state index contributed by atoms with van der Waals surface area (Å²) in [5.74, 6) is 2.08. The molecule has 4 nitrogen and oxygen atoms in total. The van der Waals surface area contributed by atoms with Crippen molar-refractivity contribution in [1.29, 1.82) is 0 Å². The monoisotopic (exact) mass is 261 g/mol. The molecule has 3 aliphatic rings. The smallest absolute Gasteiger partial charge is 0.135 e. The van der Waals surface area contributed by atoms with E-state index in [1.165, 1.54) is 44.3 Å². The molecule has 2 fully saturated rings. The molecule has 4 heteroatoms. The molecule has 1 aromatic rings. The molecule has 4 rings (SSSR count). The van der Waals surface area contributed by atoms with Gasteiger partial charge >= 0.3 is 0 Å². The summed E-state index contributed by atoms with van der Waals surface area (Å²) >= 11 is 0. The summed E-state index contributed by atoms with van der Waals surface area (Å²) < 4.78 is 7.84. The van der Waals surface area contributed by atoms with E-state index in [9.17, 15) is 0 Å². The molecule has 3 heterocycles. The van der Waals surface area contributed by atoms with Crippen LogP contribution in [-0.2, 0) is 24.4 Å². The first-order valence-electron chi connectivity index (χ1n) is 7.77. The van der Waals surface area contributed by atoms with Gasteiger partial charge in [-0.15, -0.1) is 0 Å². The SMILES string of the molecule is c1nc2n(c1CN1CC[C@@H]3CCCC[C@@H]31)CCOC2. The third-order valence-corrected chi connectivity index (χ3v) is 5.20. The van der Waals surface area contributed by atoms with Crippen LogP contribution in [0.15, 0.2) is 6.20 Å². The molecular formula is C15H23N3O. The number of rotatable bonds is 2. The van der Waals surface area contributed by atoms with Crippen LogP contribution >= 0.6 is 0 Å². The van der Waals surface area contributed by atoms with Crippen molar-refractivity contribution in [2.75, 3.05) is 13.2 Å². The lowest BCUT2D eigenvalue weighted by Crippen LogP contribution is -2.35. The van der Waals surface area contributed by atoms with E-state index in [4.69, 9.17) is 4.74 Å². The van der Waals surface area contributed by atoms with Gasteiger partial charge in [-0.05, 0) is 31.7 Å². The Balaban J connectivity index is 1.50. The van der Waals surface area contributed by atoms with E-state index in [-0.39, 0.29) is 0 Å². The second-order valence-corrected chi connectivity index (χ2v) is 6.24. The van der Waals surface area contributed by atoms with Crippen molar-refractivity contribution >= 4 is 0 Å². The van der Waals surface area contributed by atoms with Gasteiger partial charge in [-0.25, -0.2) is 4.98 Å². The Labute approximate surface area is 114 Å². The Hall–Kier alpha value is -0.870. The molecular weight excluding hydrogens is 238 g/mol. The van der Waals surface area contributed by atoms with E-state index < -0.39 is 0 Å². The van der Waals surface area contributed by atoms with Crippen LogP contribution in [0.25, 0.3) is 0 Å². The molecule has 0 unspecified atom stereocenters. The van der Waals surface area contributed by atoms with Crippen LogP contribution in [0, 0.1) is 5.92 Å². The Bertz CT molecular complexity index is 456. The summed E-state index contributed by atoms with van der Waals surface area (Å²) in [5, 5.41) is 0. The molecule has 0 bridgehead atoms. The summed E-state index contributed by atoms with van der Waals surface area (Å²) in [6, 6.07) is 0.847. The number of hydrogen-bond donors (Lipinski definition) is 0. The van der Waals surface area contributed by atoms with Crippen molar-refractivity contribution in [3.63, 3.8) is 0 Å². The average Bonchev–Trinajstić information content (AvgIpc) is 3.05. The highest BCUT2D eigenvalue weighted by Crippen LogP contribution is 2.36. The Kier molecular flexibility index (Phi) is 3.08.